The smallest absolute Gasteiger partial charge is 0.259 e. The van der Waals surface area contributed by atoms with Gasteiger partial charge in [-0.25, -0.2) is 0 Å². The van der Waals surface area contributed by atoms with Crippen molar-refractivity contribution in [2.45, 2.75) is 58.4 Å². The number of hydrogen-bond donors (Lipinski definition) is 0. The van der Waals surface area contributed by atoms with Crippen LogP contribution in [0.5, 0.6) is 5.75 Å². The summed E-state index contributed by atoms with van der Waals surface area (Å²) >= 11 is 0. The Kier molecular flexibility index (Phi) is 6.72. The van der Waals surface area contributed by atoms with Crippen molar-refractivity contribution < 1.29 is 14.1 Å². The Morgan fingerprint density at radius 2 is 1.97 bits per heavy atom. The zero-order valence-corrected chi connectivity index (χ0v) is 18.2. The fourth-order valence-corrected chi connectivity index (χ4v) is 4.76. The molecule has 6 nitrogen and oxygen atoms in total. The number of amides is 1. The maximum Gasteiger partial charge on any atom is 0.259 e. The van der Waals surface area contributed by atoms with Crippen LogP contribution in [0.3, 0.4) is 0 Å². The standard InChI is InChI=1S/C24H33N3O3/c1-18-23(19(2)30-25-18)24(28)27-13-6-16-29-22-9-5-7-20(17-22)10-11-21-8-3-4-12-26(21)14-15-27/h5,7,9,17,21H,3-4,6,8,10-16H2,1-2H3. The molecule has 1 aromatic heterocycles. The van der Waals surface area contributed by atoms with E-state index in [9.17, 15) is 4.79 Å². The van der Waals surface area contributed by atoms with Crippen LogP contribution in [0, 0.1) is 13.8 Å². The predicted molar refractivity (Wildman–Crippen MR) is 116 cm³/mol. The van der Waals surface area contributed by atoms with Gasteiger partial charge in [0.15, 0.2) is 0 Å². The molecule has 1 aromatic carbocycles. The van der Waals surface area contributed by atoms with Gasteiger partial charge in [-0.1, -0.05) is 23.7 Å². The molecule has 162 valence electrons. The molecule has 4 rings (SSSR count). The van der Waals surface area contributed by atoms with Crippen LogP contribution in [-0.2, 0) is 6.42 Å². The Balaban J connectivity index is 1.54. The van der Waals surface area contributed by atoms with Crippen molar-refractivity contribution in [3.63, 3.8) is 0 Å². The van der Waals surface area contributed by atoms with Crippen LogP contribution in [0.1, 0.15) is 59.5 Å². The molecule has 2 bridgehead atoms. The molecule has 2 aromatic rings. The quantitative estimate of drug-likeness (QED) is 0.710. The topological polar surface area (TPSA) is 58.8 Å². The van der Waals surface area contributed by atoms with E-state index < -0.39 is 0 Å². The first-order valence-electron chi connectivity index (χ1n) is 11.3. The van der Waals surface area contributed by atoms with Crippen molar-refractivity contribution in [2.24, 2.45) is 0 Å². The summed E-state index contributed by atoms with van der Waals surface area (Å²) in [6.07, 6.45) is 6.81. The highest BCUT2D eigenvalue weighted by molar-refractivity contribution is 5.96. The Hall–Kier alpha value is -2.34. The van der Waals surface area contributed by atoms with E-state index in [4.69, 9.17) is 9.26 Å². The summed E-state index contributed by atoms with van der Waals surface area (Å²) in [6, 6.07) is 9.07. The van der Waals surface area contributed by atoms with Gasteiger partial charge in [-0.05, 0) is 70.2 Å². The van der Waals surface area contributed by atoms with E-state index in [1.165, 1.54) is 24.8 Å². The summed E-state index contributed by atoms with van der Waals surface area (Å²) < 4.78 is 11.2. The van der Waals surface area contributed by atoms with E-state index in [0.717, 1.165) is 44.6 Å². The van der Waals surface area contributed by atoms with Crippen LogP contribution in [0.4, 0.5) is 0 Å². The van der Waals surface area contributed by atoms with Crippen molar-refractivity contribution in [2.75, 3.05) is 32.8 Å². The third kappa shape index (κ3) is 4.86. The lowest BCUT2D eigenvalue weighted by Crippen LogP contribution is -2.45. The molecule has 0 spiro atoms. The van der Waals surface area contributed by atoms with E-state index >= 15 is 0 Å². The number of nitrogens with zero attached hydrogens (tertiary/aromatic N) is 3. The Labute approximate surface area is 179 Å². The number of carbonyl (C=O) groups excluding carboxylic acids is 1. The minimum atomic E-state index is 0.0221. The normalized spacial score (nSPS) is 21.4. The van der Waals surface area contributed by atoms with Crippen molar-refractivity contribution in [3.05, 3.63) is 46.8 Å². The van der Waals surface area contributed by atoms with E-state index in [1.54, 1.807) is 0 Å². The third-order valence-corrected chi connectivity index (χ3v) is 6.45. The zero-order valence-electron chi connectivity index (χ0n) is 18.2. The predicted octanol–water partition coefficient (Wildman–Crippen LogP) is 4.00. The van der Waals surface area contributed by atoms with E-state index in [2.05, 4.69) is 28.3 Å². The molecule has 3 heterocycles. The van der Waals surface area contributed by atoms with Gasteiger partial charge in [-0.3, -0.25) is 9.69 Å². The molecule has 2 aliphatic heterocycles. The zero-order chi connectivity index (χ0) is 20.9. The van der Waals surface area contributed by atoms with Crippen LogP contribution < -0.4 is 4.74 Å². The van der Waals surface area contributed by atoms with Crippen molar-refractivity contribution in [1.82, 2.24) is 15.0 Å². The molecule has 2 aliphatic rings. The number of rotatable bonds is 1. The second-order valence-electron chi connectivity index (χ2n) is 8.57. The molecule has 0 aliphatic carbocycles. The van der Waals surface area contributed by atoms with Crippen LogP contribution in [-0.4, -0.2) is 59.7 Å². The van der Waals surface area contributed by atoms with Gasteiger partial charge < -0.3 is 14.2 Å². The fourth-order valence-electron chi connectivity index (χ4n) is 4.76. The maximum atomic E-state index is 13.3. The van der Waals surface area contributed by atoms with Crippen LogP contribution in [0.25, 0.3) is 0 Å². The Morgan fingerprint density at radius 1 is 1.07 bits per heavy atom. The Morgan fingerprint density at radius 3 is 2.80 bits per heavy atom. The molecule has 1 atom stereocenters. The lowest BCUT2D eigenvalue weighted by atomic mass is 9.95. The number of piperidine rings is 1. The molecular weight excluding hydrogens is 378 g/mol. The van der Waals surface area contributed by atoms with E-state index in [1.807, 2.05) is 24.8 Å². The van der Waals surface area contributed by atoms with Crippen molar-refractivity contribution in [3.8, 4) is 5.75 Å². The average Bonchev–Trinajstić information content (AvgIpc) is 3.09. The molecular formula is C24H33N3O3. The summed E-state index contributed by atoms with van der Waals surface area (Å²) in [5, 5.41) is 3.98. The number of benzene rings is 1. The molecule has 1 saturated heterocycles. The minimum Gasteiger partial charge on any atom is -0.494 e. The molecule has 0 N–H and O–H groups in total. The SMILES string of the molecule is Cc1noc(C)c1C(=O)N1CCCOc2cccc(c2)CCC2CCCCN2CC1. The third-order valence-electron chi connectivity index (χ3n) is 6.45. The van der Waals surface area contributed by atoms with Crippen molar-refractivity contribution in [1.29, 1.82) is 0 Å². The largest absolute Gasteiger partial charge is 0.494 e. The first-order chi connectivity index (χ1) is 14.6. The first-order valence-corrected chi connectivity index (χ1v) is 11.3. The molecule has 1 unspecified atom stereocenters. The molecule has 0 saturated carbocycles. The van der Waals surface area contributed by atoms with Gasteiger partial charge in [0.25, 0.3) is 5.91 Å². The molecule has 1 amide bonds. The number of ether oxygens (including phenoxy) is 1. The number of carbonyl (C=O) groups is 1. The van der Waals surface area contributed by atoms with Gasteiger partial charge in [0, 0.05) is 25.7 Å². The monoisotopic (exact) mass is 411 g/mol. The summed E-state index contributed by atoms with van der Waals surface area (Å²) in [5.41, 5.74) is 2.63. The lowest BCUT2D eigenvalue weighted by Gasteiger charge is -2.37. The van der Waals surface area contributed by atoms with E-state index in [0.29, 0.717) is 36.2 Å². The number of hydrogen-bond acceptors (Lipinski definition) is 5. The van der Waals surface area contributed by atoms with E-state index in [-0.39, 0.29) is 5.91 Å². The Bertz CT molecular complexity index is 844. The first kappa shape index (κ1) is 20.9. The number of aryl methyl sites for hydroxylation is 3. The summed E-state index contributed by atoms with van der Waals surface area (Å²) in [6.45, 7) is 7.69. The highest BCUT2D eigenvalue weighted by Crippen LogP contribution is 2.24. The summed E-state index contributed by atoms with van der Waals surface area (Å²) in [4.78, 5) is 17.9. The lowest BCUT2D eigenvalue weighted by molar-refractivity contribution is 0.0680. The minimum absolute atomic E-state index is 0.0221. The van der Waals surface area contributed by atoms with Crippen molar-refractivity contribution >= 4 is 5.91 Å². The average molecular weight is 412 g/mol. The van der Waals surface area contributed by atoms with Gasteiger partial charge in [0.2, 0.25) is 0 Å². The van der Waals surface area contributed by atoms with Crippen LogP contribution in [0.2, 0.25) is 0 Å². The number of aromatic nitrogens is 1. The van der Waals surface area contributed by atoms with Gasteiger partial charge in [-0.2, -0.15) is 0 Å². The fraction of sp³-hybridized carbons (Fsp3) is 0.583. The maximum absolute atomic E-state index is 13.3. The highest BCUT2D eigenvalue weighted by atomic mass is 16.5. The van der Waals surface area contributed by atoms with Gasteiger partial charge in [-0.15, -0.1) is 0 Å². The summed E-state index contributed by atoms with van der Waals surface area (Å²) in [5.74, 6) is 1.54. The van der Waals surface area contributed by atoms with Gasteiger partial charge in [0.05, 0.1) is 12.3 Å². The van der Waals surface area contributed by atoms with Gasteiger partial charge >= 0.3 is 0 Å². The number of fused-ring (bicyclic) bond motifs is 3. The molecule has 30 heavy (non-hydrogen) atoms. The molecule has 6 heteroatoms. The highest BCUT2D eigenvalue weighted by Gasteiger charge is 2.26. The van der Waals surface area contributed by atoms with Crippen LogP contribution >= 0.6 is 0 Å². The molecule has 1 fully saturated rings. The molecule has 0 radical (unpaired) electrons. The summed E-state index contributed by atoms with van der Waals surface area (Å²) in [7, 11) is 0. The van der Waals surface area contributed by atoms with Crippen LogP contribution in [0.15, 0.2) is 28.8 Å². The second-order valence-corrected chi connectivity index (χ2v) is 8.57. The van der Waals surface area contributed by atoms with Gasteiger partial charge in [0.1, 0.15) is 17.1 Å². The second kappa shape index (κ2) is 9.65.